The largest absolute Gasteiger partial charge is 0.491 e. The van der Waals surface area contributed by atoms with Crippen molar-refractivity contribution in [3.63, 3.8) is 0 Å². The molecule has 0 spiro atoms. The molecule has 0 bridgehead atoms. The summed E-state index contributed by atoms with van der Waals surface area (Å²) in [6.45, 7) is 6.27. The van der Waals surface area contributed by atoms with Gasteiger partial charge in [-0.05, 0) is 62.5 Å². The van der Waals surface area contributed by atoms with Crippen LogP contribution in [0.1, 0.15) is 24.2 Å². The van der Waals surface area contributed by atoms with Gasteiger partial charge in [-0.2, -0.15) is 0 Å². The lowest BCUT2D eigenvalue weighted by Gasteiger charge is -2.23. The summed E-state index contributed by atoms with van der Waals surface area (Å²) in [7, 11) is 0. The van der Waals surface area contributed by atoms with Crippen molar-refractivity contribution in [2.75, 3.05) is 31.3 Å². The number of benzene rings is 2. The third-order valence-electron chi connectivity index (χ3n) is 3.67. The van der Waals surface area contributed by atoms with Gasteiger partial charge in [0.2, 0.25) is 0 Å². The first-order valence-corrected chi connectivity index (χ1v) is 9.05. The van der Waals surface area contributed by atoms with E-state index in [0.717, 1.165) is 5.69 Å². The predicted octanol–water partition coefficient (Wildman–Crippen LogP) is 3.64. The Bertz CT molecular complexity index is 705. The minimum Gasteiger partial charge on any atom is -0.491 e. The third-order valence-corrected chi connectivity index (χ3v) is 3.99. The van der Waals surface area contributed by atoms with E-state index in [0.29, 0.717) is 42.8 Å². The molecule has 1 N–H and O–H groups in total. The first-order chi connectivity index (χ1) is 12.7. The molecule has 5 nitrogen and oxygen atoms in total. The Kier molecular flexibility index (Phi) is 8.05. The van der Waals surface area contributed by atoms with Crippen LogP contribution in [0.2, 0.25) is 0 Å². The lowest BCUT2D eigenvalue weighted by molar-refractivity contribution is 0.0976. The number of hydrogen-bond acceptors (Lipinski definition) is 4. The van der Waals surface area contributed by atoms with Gasteiger partial charge in [0, 0.05) is 24.4 Å². The van der Waals surface area contributed by atoms with Crippen LogP contribution in [-0.2, 0) is 4.74 Å². The molecule has 0 atom stereocenters. The van der Waals surface area contributed by atoms with Crippen LogP contribution in [-0.4, -0.2) is 37.4 Å². The molecule has 0 aliphatic carbocycles. The molecule has 6 heteroatoms. The zero-order valence-corrected chi connectivity index (χ0v) is 15.9. The third kappa shape index (κ3) is 5.82. The Morgan fingerprint density at radius 3 is 2.35 bits per heavy atom. The van der Waals surface area contributed by atoms with E-state index < -0.39 is 0 Å². The highest BCUT2D eigenvalue weighted by atomic mass is 32.1. The Morgan fingerprint density at radius 1 is 1.04 bits per heavy atom. The second kappa shape index (κ2) is 10.5. The zero-order chi connectivity index (χ0) is 18.8. The summed E-state index contributed by atoms with van der Waals surface area (Å²) in [5.41, 5.74) is 1.46. The van der Waals surface area contributed by atoms with Gasteiger partial charge in [0.15, 0.2) is 5.11 Å². The number of amides is 1. The summed E-state index contributed by atoms with van der Waals surface area (Å²) >= 11 is 5.40. The minimum atomic E-state index is -0.245. The molecule has 1 amide bonds. The second-order valence-corrected chi connectivity index (χ2v) is 5.80. The van der Waals surface area contributed by atoms with Crippen molar-refractivity contribution in [1.82, 2.24) is 5.32 Å². The van der Waals surface area contributed by atoms with Gasteiger partial charge in [0.1, 0.15) is 12.4 Å². The van der Waals surface area contributed by atoms with E-state index in [1.807, 2.05) is 49.1 Å². The van der Waals surface area contributed by atoms with Gasteiger partial charge >= 0.3 is 0 Å². The highest BCUT2D eigenvalue weighted by molar-refractivity contribution is 7.80. The first kappa shape index (κ1) is 19.9. The van der Waals surface area contributed by atoms with E-state index in [2.05, 4.69) is 5.32 Å². The lowest BCUT2D eigenvalue weighted by atomic mass is 10.2. The lowest BCUT2D eigenvalue weighted by Crippen LogP contribution is -2.42. The molecule has 0 aliphatic rings. The van der Waals surface area contributed by atoms with E-state index in [1.165, 1.54) is 0 Å². The standard InChI is InChI=1S/C20H24N2O3S/c1-3-22(17-8-6-5-7-9-17)20(26)21-19(23)16-10-12-18(13-11-16)25-15-14-24-4-2/h5-13H,3-4,14-15H2,1-2H3,(H,21,23,26). The molecular formula is C20H24N2O3S. The van der Waals surface area contributed by atoms with Crippen LogP contribution < -0.4 is 15.0 Å². The SMILES string of the molecule is CCOCCOc1ccc(C(=O)NC(=S)N(CC)c2ccccc2)cc1. The maximum atomic E-state index is 12.4. The molecule has 2 aromatic carbocycles. The fourth-order valence-electron chi connectivity index (χ4n) is 2.35. The number of para-hydroxylation sites is 1. The number of nitrogens with zero attached hydrogens (tertiary/aromatic N) is 1. The topological polar surface area (TPSA) is 50.8 Å². The molecule has 0 saturated heterocycles. The van der Waals surface area contributed by atoms with Crippen molar-refractivity contribution < 1.29 is 14.3 Å². The van der Waals surface area contributed by atoms with E-state index in [4.69, 9.17) is 21.7 Å². The molecular weight excluding hydrogens is 348 g/mol. The van der Waals surface area contributed by atoms with Crippen molar-refractivity contribution in [3.8, 4) is 5.75 Å². The molecule has 2 rings (SSSR count). The van der Waals surface area contributed by atoms with Gasteiger partial charge in [0.05, 0.1) is 6.61 Å². The summed E-state index contributed by atoms with van der Waals surface area (Å²) in [5.74, 6) is 0.452. The van der Waals surface area contributed by atoms with Gasteiger partial charge in [-0.15, -0.1) is 0 Å². The fourth-order valence-corrected chi connectivity index (χ4v) is 2.68. The highest BCUT2D eigenvalue weighted by Gasteiger charge is 2.14. The van der Waals surface area contributed by atoms with E-state index in [9.17, 15) is 4.79 Å². The van der Waals surface area contributed by atoms with Crippen LogP contribution in [0.3, 0.4) is 0 Å². The number of carbonyl (C=O) groups excluding carboxylic acids is 1. The van der Waals surface area contributed by atoms with E-state index in [-0.39, 0.29) is 5.91 Å². The molecule has 138 valence electrons. The Balaban J connectivity index is 1.93. The summed E-state index contributed by atoms with van der Waals surface area (Å²) in [6, 6.07) is 16.7. The summed E-state index contributed by atoms with van der Waals surface area (Å²) < 4.78 is 10.8. The number of carbonyl (C=O) groups is 1. The van der Waals surface area contributed by atoms with Crippen LogP contribution in [0.5, 0.6) is 5.75 Å². The molecule has 0 saturated carbocycles. The maximum absolute atomic E-state index is 12.4. The van der Waals surface area contributed by atoms with Gasteiger partial charge in [-0.25, -0.2) is 0 Å². The Hall–Kier alpha value is -2.44. The summed E-state index contributed by atoms with van der Waals surface area (Å²) in [6.07, 6.45) is 0. The predicted molar refractivity (Wildman–Crippen MR) is 108 cm³/mol. The average Bonchev–Trinajstić information content (AvgIpc) is 2.67. The second-order valence-electron chi connectivity index (χ2n) is 5.41. The first-order valence-electron chi connectivity index (χ1n) is 8.64. The number of nitrogens with one attached hydrogen (secondary N) is 1. The Morgan fingerprint density at radius 2 is 1.73 bits per heavy atom. The molecule has 26 heavy (non-hydrogen) atoms. The van der Waals surface area contributed by atoms with Gasteiger partial charge in [-0.1, -0.05) is 18.2 Å². The number of thiocarbonyl (C=S) groups is 1. The minimum absolute atomic E-state index is 0.245. The van der Waals surface area contributed by atoms with Gasteiger partial charge in [-0.3, -0.25) is 10.1 Å². The van der Waals surface area contributed by atoms with E-state index in [1.54, 1.807) is 24.3 Å². The van der Waals surface area contributed by atoms with Gasteiger partial charge < -0.3 is 14.4 Å². The van der Waals surface area contributed by atoms with Crippen LogP contribution in [0.25, 0.3) is 0 Å². The Labute approximate surface area is 159 Å². The molecule has 0 fully saturated rings. The van der Waals surface area contributed by atoms with E-state index >= 15 is 0 Å². The van der Waals surface area contributed by atoms with Crippen molar-refractivity contribution >= 4 is 28.9 Å². The zero-order valence-electron chi connectivity index (χ0n) is 15.1. The normalized spacial score (nSPS) is 10.2. The quantitative estimate of drug-likeness (QED) is 0.566. The van der Waals surface area contributed by atoms with Crippen molar-refractivity contribution in [2.24, 2.45) is 0 Å². The summed E-state index contributed by atoms with van der Waals surface area (Å²) in [4.78, 5) is 14.3. The number of rotatable bonds is 8. The average molecular weight is 372 g/mol. The van der Waals surface area contributed by atoms with Crippen LogP contribution in [0.15, 0.2) is 54.6 Å². The van der Waals surface area contributed by atoms with Crippen LogP contribution in [0, 0.1) is 0 Å². The molecule has 0 aliphatic heterocycles. The van der Waals surface area contributed by atoms with Crippen LogP contribution >= 0.6 is 12.2 Å². The number of ether oxygens (including phenoxy) is 2. The van der Waals surface area contributed by atoms with Crippen molar-refractivity contribution in [3.05, 3.63) is 60.2 Å². The highest BCUT2D eigenvalue weighted by Crippen LogP contribution is 2.14. The molecule has 0 unspecified atom stereocenters. The molecule has 2 aromatic rings. The monoisotopic (exact) mass is 372 g/mol. The molecule has 0 aromatic heterocycles. The summed E-state index contributed by atoms with van der Waals surface area (Å²) in [5, 5.41) is 3.16. The van der Waals surface area contributed by atoms with Gasteiger partial charge in [0.25, 0.3) is 5.91 Å². The smallest absolute Gasteiger partial charge is 0.257 e. The van der Waals surface area contributed by atoms with Crippen LogP contribution in [0.4, 0.5) is 5.69 Å². The fraction of sp³-hybridized carbons (Fsp3) is 0.300. The maximum Gasteiger partial charge on any atom is 0.257 e. The number of hydrogen-bond donors (Lipinski definition) is 1. The van der Waals surface area contributed by atoms with Crippen molar-refractivity contribution in [1.29, 1.82) is 0 Å². The number of anilines is 1. The molecule has 0 heterocycles. The van der Waals surface area contributed by atoms with Crippen molar-refractivity contribution in [2.45, 2.75) is 13.8 Å². The molecule has 0 radical (unpaired) electrons.